The van der Waals surface area contributed by atoms with Crippen molar-refractivity contribution >= 4 is 29.3 Å². The maximum Gasteiger partial charge on any atom is 0.237 e. The lowest BCUT2D eigenvalue weighted by molar-refractivity contribution is -0.133. The fourth-order valence-electron chi connectivity index (χ4n) is 3.09. The molecule has 2 aromatic rings. The predicted octanol–water partition coefficient (Wildman–Crippen LogP) is 3.95. The molecule has 4 nitrogen and oxygen atoms in total. The molecule has 0 atom stereocenters. The zero-order chi connectivity index (χ0) is 18.5. The number of carbonyl (C=O) groups excluding carboxylic acids is 2. The second-order valence-corrected chi connectivity index (χ2v) is 7.67. The van der Waals surface area contributed by atoms with Crippen LogP contribution in [0.15, 0.2) is 59.5 Å². The van der Waals surface area contributed by atoms with Gasteiger partial charge < -0.3 is 9.80 Å². The summed E-state index contributed by atoms with van der Waals surface area (Å²) in [5.74, 6) is 0.580. The van der Waals surface area contributed by atoms with Gasteiger partial charge in [0.1, 0.15) is 0 Å². The van der Waals surface area contributed by atoms with Crippen LogP contribution in [0.1, 0.15) is 25.8 Å². The lowest BCUT2D eigenvalue weighted by Gasteiger charge is -2.31. The molecule has 0 N–H and O–H groups in total. The number of hydrogen-bond donors (Lipinski definition) is 0. The fraction of sp³-hybridized carbons (Fsp3) is 0.333. The average Bonchev–Trinajstić information content (AvgIpc) is 2.65. The van der Waals surface area contributed by atoms with Crippen LogP contribution >= 0.6 is 11.8 Å². The van der Waals surface area contributed by atoms with E-state index < -0.39 is 0 Å². The Morgan fingerprint density at radius 1 is 1.12 bits per heavy atom. The third-order valence-corrected chi connectivity index (χ3v) is 5.54. The minimum absolute atomic E-state index is 0.0701. The molecule has 136 valence electrons. The Bertz CT molecular complexity index is 777. The zero-order valence-corrected chi connectivity index (χ0v) is 16.0. The molecule has 0 spiro atoms. The summed E-state index contributed by atoms with van der Waals surface area (Å²) in [6.45, 7) is 5.07. The highest BCUT2D eigenvalue weighted by Gasteiger charge is 2.26. The molecule has 3 rings (SSSR count). The Hall–Kier alpha value is -2.27. The molecule has 1 aliphatic heterocycles. The summed E-state index contributed by atoms with van der Waals surface area (Å²) in [5, 5.41) is 0. The van der Waals surface area contributed by atoms with Gasteiger partial charge in [0, 0.05) is 30.4 Å². The van der Waals surface area contributed by atoms with Crippen molar-refractivity contribution in [2.45, 2.75) is 37.8 Å². The van der Waals surface area contributed by atoms with Gasteiger partial charge in [-0.05, 0) is 31.5 Å². The maximum atomic E-state index is 12.8. The van der Waals surface area contributed by atoms with Crippen molar-refractivity contribution in [2.24, 2.45) is 0 Å². The van der Waals surface area contributed by atoms with Crippen molar-refractivity contribution in [3.8, 4) is 0 Å². The van der Waals surface area contributed by atoms with E-state index in [9.17, 15) is 9.59 Å². The highest BCUT2D eigenvalue weighted by atomic mass is 32.2. The van der Waals surface area contributed by atoms with E-state index in [4.69, 9.17) is 0 Å². The van der Waals surface area contributed by atoms with E-state index in [1.54, 1.807) is 16.7 Å². The molecular weight excluding hydrogens is 344 g/mol. The SMILES string of the molecule is CC(C)N(Cc1ccccc1)C(=O)CCN1C(=O)CSc2ccccc21. The van der Waals surface area contributed by atoms with Gasteiger partial charge in [-0.1, -0.05) is 42.5 Å². The van der Waals surface area contributed by atoms with Gasteiger partial charge in [0.25, 0.3) is 0 Å². The van der Waals surface area contributed by atoms with Gasteiger partial charge in [-0.25, -0.2) is 0 Å². The largest absolute Gasteiger partial charge is 0.336 e. The highest BCUT2D eigenvalue weighted by Crippen LogP contribution is 2.34. The quantitative estimate of drug-likeness (QED) is 0.775. The zero-order valence-electron chi connectivity index (χ0n) is 15.2. The van der Waals surface area contributed by atoms with Crippen LogP contribution in [0, 0.1) is 0 Å². The van der Waals surface area contributed by atoms with E-state index in [-0.39, 0.29) is 17.9 Å². The van der Waals surface area contributed by atoms with Gasteiger partial charge in [0.05, 0.1) is 11.4 Å². The van der Waals surface area contributed by atoms with E-state index in [1.165, 1.54) is 0 Å². The van der Waals surface area contributed by atoms with Gasteiger partial charge >= 0.3 is 0 Å². The number of amides is 2. The molecule has 0 saturated heterocycles. The number of benzene rings is 2. The number of fused-ring (bicyclic) bond motifs is 1. The molecule has 0 unspecified atom stereocenters. The van der Waals surface area contributed by atoms with E-state index in [0.717, 1.165) is 16.1 Å². The number of hydrogen-bond acceptors (Lipinski definition) is 3. The molecule has 0 aromatic heterocycles. The Balaban J connectivity index is 1.68. The third-order valence-electron chi connectivity index (χ3n) is 4.50. The van der Waals surface area contributed by atoms with Gasteiger partial charge in [-0.15, -0.1) is 11.8 Å². The van der Waals surface area contributed by atoms with E-state index in [1.807, 2.05) is 73.3 Å². The summed E-state index contributed by atoms with van der Waals surface area (Å²) in [5.41, 5.74) is 2.03. The van der Waals surface area contributed by atoms with E-state index in [0.29, 0.717) is 25.3 Å². The smallest absolute Gasteiger partial charge is 0.237 e. The standard InChI is InChI=1S/C21H24N2O2S/c1-16(2)23(14-17-8-4-3-5-9-17)20(24)12-13-22-18-10-6-7-11-19(18)26-15-21(22)25/h3-11,16H,12-15H2,1-2H3. The summed E-state index contributed by atoms with van der Waals surface area (Å²) in [4.78, 5) is 29.9. The molecule has 5 heteroatoms. The van der Waals surface area contributed by atoms with Crippen molar-refractivity contribution in [1.29, 1.82) is 0 Å². The lowest BCUT2D eigenvalue weighted by atomic mass is 10.1. The number of anilines is 1. The Labute approximate surface area is 159 Å². The van der Waals surface area contributed by atoms with Crippen molar-refractivity contribution in [3.05, 3.63) is 60.2 Å². The molecule has 1 aliphatic rings. The molecule has 1 heterocycles. The first-order valence-electron chi connectivity index (χ1n) is 8.92. The second-order valence-electron chi connectivity index (χ2n) is 6.65. The normalized spacial score (nSPS) is 13.7. The third kappa shape index (κ3) is 4.28. The maximum absolute atomic E-state index is 12.8. The van der Waals surface area contributed by atoms with Crippen molar-refractivity contribution in [2.75, 3.05) is 17.2 Å². The average molecular weight is 369 g/mol. The first kappa shape index (κ1) is 18.5. The molecule has 0 bridgehead atoms. The van der Waals surface area contributed by atoms with Crippen LogP contribution in [0.2, 0.25) is 0 Å². The first-order valence-corrected chi connectivity index (χ1v) is 9.90. The monoisotopic (exact) mass is 368 g/mol. The summed E-state index contributed by atoms with van der Waals surface area (Å²) in [6, 6.07) is 18.0. The number of thioether (sulfide) groups is 1. The molecule has 0 radical (unpaired) electrons. The van der Waals surface area contributed by atoms with Crippen LogP contribution in [-0.4, -0.2) is 35.1 Å². The van der Waals surface area contributed by atoms with Gasteiger partial charge in [0.15, 0.2) is 0 Å². The summed E-state index contributed by atoms with van der Waals surface area (Å²) in [6.07, 6.45) is 0.329. The number of nitrogens with zero attached hydrogens (tertiary/aromatic N) is 2. The second kappa shape index (κ2) is 8.41. The Morgan fingerprint density at radius 2 is 1.81 bits per heavy atom. The van der Waals surface area contributed by atoms with Crippen LogP contribution in [0.3, 0.4) is 0 Å². The predicted molar refractivity (Wildman–Crippen MR) is 106 cm³/mol. The number of carbonyl (C=O) groups is 2. The fourth-order valence-corrected chi connectivity index (χ4v) is 4.02. The molecule has 0 fully saturated rings. The van der Waals surface area contributed by atoms with Crippen LogP contribution in [-0.2, 0) is 16.1 Å². The minimum atomic E-state index is 0.0701. The minimum Gasteiger partial charge on any atom is -0.336 e. The molecule has 0 saturated carbocycles. The summed E-state index contributed by atoms with van der Waals surface area (Å²) < 4.78 is 0. The molecule has 2 amide bonds. The molecular formula is C21H24N2O2S. The van der Waals surface area contributed by atoms with Crippen LogP contribution < -0.4 is 4.90 Å². The van der Waals surface area contributed by atoms with Crippen molar-refractivity contribution in [3.63, 3.8) is 0 Å². The Morgan fingerprint density at radius 3 is 2.54 bits per heavy atom. The van der Waals surface area contributed by atoms with Crippen LogP contribution in [0.25, 0.3) is 0 Å². The topological polar surface area (TPSA) is 40.6 Å². The number of rotatable bonds is 6. The summed E-state index contributed by atoms with van der Waals surface area (Å²) >= 11 is 1.56. The number of para-hydroxylation sites is 1. The molecule has 0 aliphatic carbocycles. The Kier molecular flexibility index (Phi) is 5.99. The van der Waals surface area contributed by atoms with Gasteiger partial charge in [-0.3, -0.25) is 9.59 Å². The first-order chi connectivity index (χ1) is 12.6. The van der Waals surface area contributed by atoms with Gasteiger partial charge in [-0.2, -0.15) is 0 Å². The summed E-state index contributed by atoms with van der Waals surface area (Å²) in [7, 11) is 0. The van der Waals surface area contributed by atoms with E-state index in [2.05, 4.69) is 0 Å². The van der Waals surface area contributed by atoms with E-state index >= 15 is 0 Å². The van der Waals surface area contributed by atoms with Gasteiger partial charge in [0.2, 0.25) is 11.8 Å². The molecule has 2 aromatic carbocycles. The highest BCUT2D eigenvalue weighted by molar-refractivity contribution is 8.00. The van der Waals surface area contributed by atoms with Crippen molar-refractivity contribution < 1.29 is 9.59 Å². The van der Waals surface area contributed by atoms with Crippen LogP contribution in [0.4, 0.5) is 5.69 Å². The lowest BCUT2D eigenvalue weighted by Crippen LogP contribution is -2.41. The van der Waals surface area contributed by atoms with Crippen molar-refractivity contribution in [1.82, 2.24) is 4.90 Å². The van der Waals surface area contributed by atoms with Crippen LogP contribution in [0.5, 0.6) is 0 Å². The molecule has 26 heavy (non-hydrogen) atoms.